The first-order valence-corrected chi connectivity index (χ1v) is 9.49. The number of fused-ring (bicyclic) bond motifs is 2. The second-order valence-electron chi connectivity index (χ2n) is 7.41. The summed E-state index contributed by atoms with van der Waals surface area (Å²) in [5.74, 6) is 0.368. The molecule has 0 aromatic rings. The van der Waals surface area contributed by atoms with E-state index >= 15 is 0 Å². The molecule has 24 heavy (non-hydrogen) atoms. The van der Waals surface area contributed by atoms with E-state index in [4.69, 9.17) is 0 Å². The maximum atomic E-state index is 12.4. The Kier molecular flexibility index (Phi) is 8.25. The third kappa shape index (κ3) is 3.93. The largest absolute Gasteiger partial charge is 3.00 e. The topological polar surface area (TPSA) is 111 Å². The van der Waals surface area contributed by atoms with Gasteiger partial charge in [0.1, 0.15) is 5.78 Å². The van der Waals surface area contributed by atoms with Crippen LogP contribution in [-0.2, 0) is 34.3 Å². The van der Waals surface area contributed by atoms with Gasteiger partial charge in [-0.1, -0.05) is 26.7 Å². The summed E-state index contributed by atoms with van der Waals surface area (Å²) in [5, 5.41) is 4.33. The van der Waals surface area contributed by atoms with Gasteiger partial charge >= 0.3 is 19.5 Å². The van der Waals surface area contributed by atoms with E-state index in [2.05, 4.69) is 23.9 Å². The minimum absolute atomic E-state index is 0. The molecule has 1 heterocycles. The van der Waals surface area contributed by atoms with Crippen LogP contribution < -0.4 is 0 Å². The van der Waals surface area contributed by atoms with Crippen molar-refractivity contribution in [3.05, 3.63) is 17.5 Å². The van der Waals surface area contributed by atoms with Gasteiger partial charge in [-0.2, -0.15) is 12.6 Å². The number of hydrogen-bond donors (Lipinski definition) is 0. The third-order valence-electron chi connectivity index (χ3n) is 6.13. The van der Waals surface area contributed by atoms with Crippen molar-refractivity contribution < 1.29 is 38.2 Å². The van der Waals surface area contributed by atoms with E-state index in [0.29, 0.717) is 18.8 Å². The number of sulfonamides is 1. The molecular formula is C16H29N2O4RuS. The van der Waals surface area contributed by atoms with Crippen LogP contribution >= 0.6 is 0 Å². The predicted molar refractivity (Wildman–Crippen MR) is 91.9 cm³/mol. The van der Waals surface area contributed by atoms with Crippen molar-refractivity contribution >= 4 is 15.8 Å². The van der Waals surface area contributed by atoms with Crippen LogP contribution in [-0.4, -0.2) is 44.6 Å². The van der Waals surface area contributed by atoms with E-state index in [-0.39, 0.29) is 61.9 Å². The summed E-state index contributed by atoms with van der Waals surface area (Å²) in [5.41, 5.74) is -0.919. The Morgan fingerprint density at radius 3 is 2.42 bits per heavy atom. The molecule has 3 fully saturated rings. The fourth-order valence-electron chi connectivity index (χ4n) is 4.51. The Balaban J connectivity index is 0.00000176. The van der Waals surface area contributed by atoms with E-state index in [1.807, 2.05) is 0 Å². The summed E-state index contributed by atoms with van der Waals surface area (Å²) in [6.07, 6.45) is 4.16. The zero-order chi connectivity index (χ0) is 15.3. The minimum Gasteiger partial charge on any atom is -0.661 e. The zero-order valence-corrected chi connectivity index (χ0v) is 17.2. The fraction of sp³-hybridized carbons (Fsp3) is 0.875. The molecular weight excluding hydrogens is 417 g/mol. The molecule has 0 aromatic carbocycles. The number of ketones is 1. The summed E-state index contributed by atoms with van der Waals surface area (Å²) in [7, 11) is -3.56. The molecule has 1 saturated heterocycles. The summed E-state index contributed by atoms with van der Waals surface area (Å²) in [6.45, 7) is 5.18. The Hall–Kier alpha value is 0.123. The number of carbonyl (C=O) groups excluding carboxylic acids is 1. The number of rotatable bonds is 5. The number of hydrogen-bond acceptors (Lipinski definition) is 3. The molecule has 6 nitrogen and oxygen atoms in total. The summed E-state index contributed by atoms with van der Waals surface area (Å²) in [4.78, 5) is 12.4. The van der Waals surface area contributed by atoms with Gasteiger partial charge < -0.3 is 22.9 Å². The quantitative estimate of drug-likeness (QED) is 0.477. The van der Waals surface area contributed by atoms with Crippen molar-refractivity contribution in [1.29, 1.82) is 0 Å². The fourth-order valence-corrected chi connectivity index (χ4v) is 6.30. The number of carbonyl (C=O) groups is 1. The first-order chi connectivity index (χ1) is 9.77. The van der Waals surface area contributed by atoms with Crippen LogP contribution in [0.15, 0.2) is 0 Å². The summed E-state index contributed by atoms with van der Waals surface area (Å²) in [6, 6.07) is 0.0564. The molecule has 8 heteroatoms. The smallest absolute Gasteiger partial charge is 0.661 e. The van der Waals surface area contributed by atoms with Crippen LogP contribution in [0.4, 0.5) is 0 Å². The summed E-state index contributed by atoms with van der Waals surface area (Å²) >= 11 is 0. The molecule has 0 aromatic heterocycles. The van der Waals surface area contributed by atoms with Crippen LogP contribution in [0.5, 0.6) is 0 Å². The Morgan fingerprint density at radius 2 is 1.96 bits per heavy atom. The normalized spacial score (nSPS) is 33.5. The van der Waals surface area contributed by atoms with Crippen molar-refractivity contribution in [3.63, 3.8) is 0 Å². The Bertz CT molecular complexity index is 546. The maximum Gasteiger partial charge on any atom is 3.00 e. The molecule has 141 valence electrons. The first kappa shape index (κ1) is 24.1. The van der Waals surface area contributed by atoms with Gasteiger partial charge in [-0.05, 0) is 24.2 Å². The molecule has 2 unspecified atom stereocenters. The van der Waals surface area contributed by atoms with Gasteiger partial charge in [-0.25, -0.2) is 8.42 Å². The summed E-state index contributed by atoms with van der Waals surface area (Å²) < 4.78 is 28.7. The molecule has 2 saturated carbocycles. The second-order valence-corrected chi connectivity index (χ2v) is 9.12. The van der Waals surface area contributed by atoms with E-state index in [9.17, 15) is 13.2 Å². The van der Waals surface area contributed by atoms with Crippen LogP contribution in [0.2, 0.25) is 0 Å². The van der Waals surface area contributed by atoms with Gasteiger partial charge in [-0.15, -0.1) is 6.54 Å². The standard InChI is InChI=1S/C15H24N2O3S.CH3.H2O.Ru/c1-14(2)11-5-6-15(14,13(18)8-11)10-21(19,20)17-9-12-4-3-7-16-12;;;/h11-12H,3-10H2,1-2H3;1H3;1H2;/q-2;-1;;+3/t11?,12-,15?;;;/m0.../s1. The third-order valence-corrected chi connectivity index (χ3v) is 7.53. The van der Waals surface area contributed by atoms with Gasteiger partial charge in [0.15, 0.2) is 0 Å². The Labute approximate surface area is 159 Å². The maximum absolute atomic E-state index is 12.4. The molecule has 1 radical (unpaired) electrons. The molecule has 2 N–H and O–H groups in total. The van der Waals surface area contributed by atoms with Crippen molar-refractivity contribution in [3.8, 4) is 0 Å². The van der Waals surface area contributed by atoms with Gasteiger partial charge in [0.2, 0.25) is 0 Å². The molecule has 0 spiro atoms. The van der Waals surface area contributed by atoms with E-state index < -0.39 is 15.4 Å². The number of nitrogens with zero attached hydrogens (tertiary/aromatic N) is 2. The van der Waals surface area contributed by atoms with Crippen molar-refractivity contribution in [2.24, 2.45) is 16.7 Å². The van der Waals surface area contributed by atoms with Crippen LogP contribution in [0.3, 0.4) is 0 Å². The number of Topliss-reactive ketones (excluding diaryl/α,β-unsaturated/α-hetero) is 1. The molecule has 3 aliphatic rings. The monoisotopic (exact) mass is 447 g/mol. The molecule has 2 bridgehead atoms. The van der Waals surface area contributed by atoms with Gasteiger partial charge in [-0.3, -0.25) is 4.79 Å². The molecule has 2 aliphatic carbocycles. The molecule has 0 amide bonds. The second kappa shape index (κ2) is 8.21. The molecule has 3 atom stereocenters. The van der Waals surface area contributed by atoms with Gasteiger partial charge in [0, 0.05) is 17.6 Å². The van der Waals surface area contributed by atoms with E-state index in [1.54, 1.807) is 0 Å². The average Bonchev–Trinajstić information content (AvgIpc) is 3.02. The minimum atomic E-state index is -3.56. The van der Waals surface area contributed by atoms with E-state index in [0.717, 1.165) is 25.8 Å². The van der Waals surface area contributed by atoms with Crippen molar-refractivity contribution in [1.82, 2.24) is 0 Å². The van der Waals surface area contributed by atoms with Crippen molar-refractivity contribution in [2.75, 3.05) is 18.8 Å². The van der Waals surface area contributed by atoms with Crippen LogP contribution in [0, 0.1) is 24.2 Å². The predicted octanol–water partition coefficient (Wildman–Crippen LogP) is 2.24. The van der Waals surface area contributed by atoms with Gasteiger partial charge in [0.05, 0.1) is 10.0 Å². The van der Waals surface area contributed by atoms with Crippen molar-refractivity contribution in [2.45, 2.75) is 52.0 Å². The average molecular weight is 447 g/mol. The van der Waals surface area contributed by atoms with E-state index in [1.165, 1.54) is 0 Å². The SMILES string of the molecule is CC1(C)C2CCC1(CS(=O)(=O)[N-]C[C@@H]1CCC[N-]1)C(=O)C2.O.[CH3-].[Ru+3]. The van der Waals surface area contributed by atoms with Gasteiger partial charge in [0.25, 0.3) is 0 Å². The molecule has 3 rings (SSSR count). The first-order valence-electron chi connectivity index (χ1n) is 7.88. The van der Waals surface area contributed by atoms with Crippen LogP contribution in [0.25, 0.3) is 10.0 Å². The molecule has 1 aliphatic heterocycles. The Morgan fingerprint density at radius 1 is 1.29 bits per heavy atom. The zero-order valence-electron chi connectivity index (χ0n) is 14.7. The van der Waals surface area contributed by atoms with Crippen LogP contribution in [0.1, 0.15) is 46.0 Å².